The number of aromatic nitrogens is 4. The zero-order valence-electron chi connectivity index (χ0n) is 21.4. The number of benzene rings is 3. The smallest absolute Gasteiger partial charge is 0.283 e. The lowest BCUT2D eigenvalue weighted by Gasteiger charge is -2.19. The number of amides is 2. The van der Waals surface area contributed by atoms with E-state index in [1.807, 2.05) is 18.2 Å². The minimum absolute atomic E-state index is 0.0999. The van der Waals surface area contributed by atoms with E-state index in [0.717, 1.165) is 5.01 Å². The average molecular weight is 535 g/mol. The summed E-state index contributed by atoms with van der Waals surface area (Å²) in [5, 5.41) is 5.23. The van der Waals surface area contributed by atoms with Crippen LogP contribution in [0.1, 0.15) is 5.69 Å². The molecule has 3 heterocycles. The number of hydrazine groups is 1. The predicted molar refractivity (Wildman–Crippen MR) is 150 cm³/mol. The third-order valence-corrected chi connectivity index (χ3v) is 6.64. The Morgan fingerprint density at radius 3 is 2.12 bits per heavy atom. The van der Waals surface area contributed by atoms with Crippen molar-refractivity contribution < 1.29 is 9.59 Å². The molecule has 2 amide bonds. The minimum atomic E-state index is -0.846. The Hall–Kier alpha value is -5.78. The van der Waals surface area contributed by atoms with Gasteiger partial charge in [0.15, 0.2) is 0 Å². The lowest BCUT2D eigenvalue weighted by atomic mass is 10.2. The quantitative estimate of drug-likeness (QED) is 0.331. The molecule has 0 bridgehead atoms. The van der Waals surface area contributed by atoms with E-state index >= 15 is 0 Å². The Kier molecular flexibility index (Phi) is 5.84. The van der Waals surface area contributed by atoms with Gasteiger partial charge in [-0.1, -0.05) is 48.5 Å². The molecule has 0 unspecified atom stereocenters. The molecule has 12 nitrogen and oxygen atoms in total. The first-order chi connectivity index (χ1) is 19.4. The molecule has 1 aliphatic heterocycles. The lowest BCUT2D eigenvalue weighted by Crippen LogP contribution is -2.41. The Balaban J connectivity index is 1.41. The van der Waals surface area contributed by atoms with Crippen LogP contribution in [0.5, 0.6) is 0 Å². The number of fused-ring (bicyclic) bond motifs is 1. The SMILES string of the molecule is Cc1c(N/N=C2\C(=O)NN(c3nc4ccccc4c(=O)n3-c3ccccc3)C2=O)c(=O)n(-c2ccccc2)n1C. The number of nitrogens with one attached hydrogen (secondary N) is 2. The molecule has 0 aliphatic carbocycles. The zero-order valence-corrected chi connectivity index (χ0v) is 21.4. The number of rotatable bonds is 5. The Labute approximate surface area is 226 Å². The molecule has 40 heavy (non-hydrogen) atoms. The van der Waals surface area contributed by atoms with Crippen LogP contribution in [0.25, 0.3) is 22.3 Å². The van der Waals surface area contributed by atoms with Crippen LogP contribution in [0.2, 0.25) is 0 Å². The fourth-order valence-corrected chi connectivity index (χ4v) is 4.54. The Morgan fingerprint density at radius 2 is 1.43 bits per heavy atom. The van der Waals surface area contributed by atoms with Gasteiger partial charge in [-0.3, -0.25) is 34.7 Å². The van der Waals surface area contributed by atoms with E-state index in [0.29, 0.717) is 28.0 Å². The average Bonchev–Trinajstić information content (AvgIpc) is 3.37. The summed E-state index contributed by atoms with van der Waals surface area (Å²) in [6.07, 6.45) is 0. The van der Waals surface area contributed by atoms with E-state index in [-0.39, 0.29) is 11.6 Å². The number of hydrazone groups is 1. The molecule has 6 rings (SSSR count). The number of para-hydroxylation sites is 3. The van der Waals surface area contributed by atoms with Crippen molar-refractivity contribution in [1.29, 1.82) is 0 Å². The summed E-state index contributed by atoms with van der Waals surface area (Å²) in [6.45, 7) is 1.71. The van der Waals surface area contributed by atoms with Gasteiger partial charge in [-0.25, -0.2) is 14.2 Å². The molecule has 198 valence electrons. The third kappa shape index (κ3) is 3.86. The summed E-state index contributed by atoms with van der Waals surface area (Å²) in [7, 11) is 1.71. The molecule has 2 aromatic heterocycles. The summed E-state index contributed by atoms with van der Waals surface area (Å²) in [6, 6.07) is 24.4. The van der Waals surface area contributed by atoms with Gasteiger partial charge in [0.25, 0.3) is 17.0 Å². The topological polar surface area (TPSA) is 136 Å². The molecular formula is C28H22N8O4. The highest BCUT2D eigenvalue weighted by Crippen LogP contribution is 2.21. The van der Waals surface area contributed by atoms with Gasteiger partial charge in [-0.2, -0.15) is 10.1 Å². The van der Waals surface area contributed by atoms with Crippen molar-refractivity contribution in [3.05, 3.63) is 111 Å². The van der Waals surface area contributed by atoms with E-state index in [2.05, 4.69) is 20.9 Å². The van der Waals surface area contributed by atoms with E-state index in [4.69, 9.17) is 0 Å². The molecule has 3 aromatic carbocycles. The Bertz CT molecular complexity index is 1960. The monoisotopic (exact) mass is 534 g/mol. The highest BCUT2D eigenvalue weighted by molar-refractivity contribution is 6.70. The second kappa shape index (κ2) is 9.51. The maximum atomic E-state index is 13.5. The zero-order chi connectivity index (χ0) is 28.0. The van der Waals surface area contributed by atoms with Crippen molar-refractivity contribution in [3.63, 3.8) is 0 Å². The van der Waals surface area contributed by atoms with Crippen molar-refractivity contribution in [2.75, 3.05) is 10.4 Å². The standard InChI is InChI=1S/C28H22N8O4/c1-17-22(27(40)36(33(17)2)19-13-7-4-8-14-19)30-31-23-24(37)32-35(26(23)39)28-29-21-16-10-9-15-20(21)25(38)34(28)18-11-5-3-6-12-18/h3-16,30H,1-2H3,(H,32,37)/b31-23+. The van der Waals surface area contributed by atoms with E-state index in [1.165, 1.54) is 9.25 Å². The van der Waals surface area contributed by atoms with Crippen molar-refractivity contribution in [1.82, 2.24) is 24.3 Å². The third-order valence-electron chi connectivity index (χ3n) is 6.64. The van der Waals surface area contributed by atoms with Crippen LogP contribution in [-0.4, -0.2) is 36.4 Å². The maximum absolute atomic E-state index is 13.5. The van der Waals surface area contributed by atoms with Crippen LogP contribution in [0.4, 0.5) is 11.6 Å². The molecule has 0 radical (unpaired) electrons. The summed E-state index contributed by atoms with van der Waals surface area (Å²) in [5.41, 5.74) is 5.80. The molecule has 0 saturated carbocycles. The molecule has 0 atom stereocenters. The lowest BCUT2D eigenvalue weighted by molar-refractivity contribution is -0.114. The molecule has 1 aliphatic rings. The minimum Gasteiger partial charge on any atom is -0.283 e. The van der Waals surface area contributed by atoms with Gasteiger partial charge in [-0.05, 0) is 43.3 Å². The number of hydrogen-bond acceptors (Lipinski definition) is 7. The van der Waals surface area contributed by atoms with Gasteiger partial charge in [0.1, 0.15) is 5.69 Å². The van der Waals surface area contributed by atoms with Crippen LogP contribution in [0.3, 0.4) is 0 Å². The van der Waals surface area contributed by atoms with Crippen LogP contribution in [0, 0.1) is 6.92 Å². The fourth-order valence-electron chi connectivity index (χ4n) is 4.54. The molecule has 5 aromatic rings. The second-order valence-electron chi connectivity index (χ2n) is 9.00. The van der Waals surface area contributed by atoms with Crippen molar-refractivity contribution in [2.24, 2.45) is 12.1 Å². The van der Waals surface area contributed by atoms with Gasteiger partial charge in [0, 0.05) is 7.05 Å². The second-order valence-corrected chi connectivity index (χ2v) is 9.00. The summed E-state index contributed by atoms with van der Waals surface area (Å²) in [4.78, 5) is 57.6. The van der Waals surface area contributed by atoms with Gasteiger partial charge in [0.2, 0.25) is 11.7 Å². The van der Waals surface area contributed by atoms with Crippen molar-refractivity contribution in [3.8, 4) is 11.4 Å². The van der Waals surface area contributed by atoms with Gasteiger partial charge in [-0.15, -0.1) is 0 Å². The van der Waals surface area contributed by atoms with Crippen LogP contribution < -0.4 is 27.0 Å². The maximum Gasteiger partial charge on any atom is 0.305 e. The van der Waals surface area contributed by atoms with E-state index in [1.54, 1.807) is 85.4 Å². The first-order valence-corrected chi connectivity index (χ1v) is 12.3. The summed E-state index contributed by atoms with van der Waals surface area (Å²) in [5.74, 6) is -1.78. The molecule has 1 fully saturated rings. The first kappa shape index (κ1) is 24.6. The van der Waals surface area contributed by atoms with Crippen LogP contribution in [0.15, 0.2) is 99.6 Å². The van der Waals surface area contributed by atoms with Crippen molar-refractivity contribution >= 4 is 40.1 Å². The van der Waals surface area contributed by atoms with Gasteiger partial charge in [0.05, 0.1) is 28.0 Å². The summed E-state index contributed by atoms with van der Waals surface area (Å²) < 4.78 is 4.33. The molecule has 0 spiro atoms. The van der Waals surface area contributed by atoms with E-state index < -0.39 is 28.6 Å². The Morgan fingerprint density at radius 1 is 0.800 bits per heavy atom. The number of nitrogens with zero attached hydrogens (tertiary/aromatic N) is 6. The van der Waals surface area contributed by atoms with Gasteiger partial charge >= 0.3 is 5.91 Å². The number of hydrogen-bond donors (Lipinski definition) is 2. The fraction of sp³-hybridized carbons (Fsp3) is 0.0714. The number of anilines is 2. The van der Waals surface area contributed by atoms with Crippen molar-refractivity contribution in [2.45, 2.75) is 6.92 Å². The highest BCUT2D eigenvalue weighted by Gasteiger charge is 2.39. The first-order valence-electron chi connectivity index (χ1n) is 12.3. The van der Waals surface area contributed by atoms with E-state index in [9.17, 15) is 19.2 Å². The molecule has 1 saturated heterocycles. The van der Waals surface area contributed by atoms with Gasteiger partial charge < -0.3 is 0 Å². The predicted octanol–water partition coefficient (Wildman–Crippen LogP) is 2.03. The largest absolute Gasteiger partial charge is 0.305 e. The number of carbonyl (C=O) groups excluding carboxylic acids is 2. The molecule has 12 heteroatoms. The normalized spacial score (nSPS) is 14.2. The summed E-state index contributed by atoms with van der Waals surface area (Å²) >= 11 is 0. The molecular weight excluding hydrogens is 512 g/mol. The van der Waals surface area contributed by atoms with Crippen LogP contribution in [-0.2, 0) is 16.6 Å². The van der Waals surface area contributed by atoms with Crippen LogP contribution >= 0.6 is 0 Å². The molecule has 2 N–H and O–H groups in total. The highest BCUT2D eigenvalue weighted by atomic mass is 16.2. The number of carbonyl (C=O) groups is 2.